The van der Waals surface area contributed by atoms with Gasteiger partial charge in [-0.05, 0) is 24.1 Å². The lowest BCUT2D eigenvalue weighted by Crippen LogP contribution is -2.35. The van der Waals surface area contributed by atoms with E-state index < -0.39 is 10.0 Å². The van der Waals surface area contributed by atoms with E-state index in [2.05, 4.69) is 13.8 Å². The summed E-state index contributed by atoms with van der Waals surface area (Å²) < 4.78 is 26.9. The van der Waals surface area contributed by atoms with E-state index in [1.54, 1.807) is 6.07 Å². The van der Waals surface area contributed by atoms with Crippen molar-refractivity contribution in [1.82, 2.24) is 4.31 Å². The van der Waals surface area contributed by atoms with Gasteiger partial charge in [0, 0.05) is 18.8 Å². The van der Waals surface area contributed by atoms with E-state index in [4.69, 9.17) is 17.3 Å². The van der Waals surface area contributed by atoms with Crippen LogP contribution in [0, 0.1) is 5.92 Å². The number of hydrogen-bond acceptors (Lipinski definition) is 3. The summed E-state index contributed by atoms with van der Waals surface area (Å²) in [5.74, 6) is 0.351. The molecule has 0 saturated carbocycles. The van der Waals surface area contributed by atoms with E-state index in [1.165, 1.54) is 16.4 Å². The summed E-state index contributed by atoms with van der Waals surface area (Å²) in [5, 5.41) is 0.210. The fourth-order valence-corrected chi connectivity index (χ4v) is 4.12. The van der Waals surface area contributed by atoms with Gasteiger partial charge < -0.3 is 5.73 Å². The van der Waals surface area contributed by atoms with Gasteiger partial charge in [0.05, 0.1) is 5.02 Å². The summed E-state index contributed by atoms with van der Waals surface area (Å²) in [4.78, 5) is 0.0898. The predicted molar refractivity (Wildman–Crippen MR) is 84.4 cm³/mol. The summed E-state index contributed by atoms with van der Waals surface area (Å²) in [5.41, 5.74) is 6.07. The van der Waals surface area contributed by atoms with Gasteiger partial charge in [-0.25, -0.2) is 8.42 Å². The molecule has 1 aromatic rings. The van der Waals surface area contributed by atoms with Crippen LogP contribution in [0.4, 0.5) is 5.69 Å². The van der Waals surface area contributed by atoms with E-state index >= 15 is 0 Å². The zero-order valence-corrected chi connectivity index (χ0v) is 13.8. The van der Waals surface area contributed by atoms with Gasteiger partial charge in [0.15, 0.2) is 0 Å². The van der Waals surface area contributed by atoms with E-state index in [0.29, 0.717) is 24.7 Å². The Balaban J connectivity index is 3.15. The van der Waals surface area contributed by atoms with E-state index in [1.807, 2.05) is 6.92 Å². The highest BCUT2D eigenvalue weighted by Gasteiger charge is 2.27. The molecule has 20 heavy (non-hydrogen) atoms. The fraction of sp³-hybridized carbons (Fsp3) is 0.571. The molecule has 0 unspecified atom stereocenters. The maximum atomic E-state index is 12.7. The number of nitrogen functional groups attached to an aromatic ring is 1. The van der Waals surface area contributed by atoms with Crippen molar-refractivity contribution in [1.29, 1.82) is 0 Å². The largest absolute Gasteiger partial charge is 0.399 e. The molecule has 0 heterocycles. The Kier molecular flexibility index (Phi) is 6.30. The Morgan fingerprint density at radius 3 is 2.35 bits per heavy atom. The van der Waals surface area contributed by atoms with E-state index in [9.17, 15) is 8.42 Å². The number of nitrogens with two attached hydrogens (primary N) is 1. The molecular formula is C14H23ClN2O2S. The van der Waals surface area contributed by atoms with Crippen molar-refractivity contribution < 1.29 is 8.42 Å². The summed E-state index contributed by atoms with van der Waals surface area (Å²) in [7, 11) is -3.60. The summed E-state index contributed by atoms with van der Waals surface area (Å²) in [6.45, 7) is 6.91. The highest BCUT2D eigenvalue weighted by molar-refractivity contribution is 7.89. The number of rotatable bonds is 7. The molecule has 0 bridgehead atoms. The number of nitrogens with zero attached hydrogens (tertiary/aromatic N) is 1. The van der Waals surface area contributed by atoms with Crippen LogP contribution in [-0.4, -0.2) is 25.8 Å². The van der Waals surface area contributed by atoms with Crippen molar-refractivity contribution in [3.8, 4) is 0 Å². The first-order chi connectivity index (χ1) is 9.36. The van der Waals surface area contributed by atoms with Gasteiger partial charge in [0.1, 0.15) is 4.90 Å². The van der Waals surface area contributed by atoms with Crippen LogP contribution in [0.25, 0.3) is 0 Å². The molecule has 0 aromatic heterocycles. The molecule has 114 valence electrons. The first kappa shape index (κ1) is 17.3. The Morgan fingerprint density at radius 2 is 1.85 bits per heavy atom. The van der Waals surface area contributed by atoms with Gasteiger partial charge in [0.25, 0.3) is 0 Å². The highest BCUT2D eigenvalue weighted by atomic mass is 35.5. The molecule has 0 saturated heterocycles. The minimum Gasteiger partial charge on any atom is -0.399 e. The molecule has 0 fully saturated rings. The fourth-order valence-electron chi connectivity index (χ4n) is 2.09. The van der Waals surface area contributed by atoms with E-state index in [0.717, 1.165) is 12.8 Å². The standard InChI is InChI=1S/C14H23ClN2O2S/c1-4-11(5-2)10-17(6-3)20(18,19)14-9-12(16)7-8-13(14)15/h7-9,11H,4-6,10,16H2,1-3H3. The third kappa shape index (κ3) is 3.87. The average Bonchev–Trinajstić information content (AvgIpc) is 2.42. The van der Waals surface area contributed by atoms with Gasteiger partial charge in [-0.1, -0.05) is 45.2 Å². The number of anilines is 1. The van der Waals surface area contributed by atoms with Crippen LogP contribution in [0.3, 0.4) is 0 Å². The van der Waals surface area contributed by atoms with Gasteiger partial charge in [-0.3, -0.25) is 0 Å². The van der Waals surface area contributed by atoms with Crippen molar-refractivity contribution in [2.24, 2.45) is 5.92 Å². The summed E-state index contributed by atoms with van der Waals surface area (Å²) in [6, 6.07) is 4.54. The van der Waals surface area contributed by atoms with Crippen LogP contribution < -0.4 is 5.73 Å². The molecule has 0 spiro atoms. The molecule has 0 radical (unpaired) electrons. The molecule has 1 rings (SSSR count). The zero-order valence-electron chi connectivity index (χ0n) is 12.3. The lowest BCUT2D eigenvalue weighted by Gasteiger charge is -2.25. The quantitative estimate of drug-likeness (QED) is 0.784. The molecule has 6 heteroatoms. The third-order valence-corrected chi connectivity index (χ3v) is 5.96. The van der Waals surface area contributed by atoms with Crippen LogP contribution >= 0.6 is 11.6 Å². The molecule has 0 aliphatic carbocycles. The topological polar surface area (TPSA) is 63.4 Å². The SMILES string of the molecule is CCC(CC)CN(CC)S(=O)(=O)c1cc(N)ccc1Cl. The van der Waals surface area contributed by atoms with Gasteiger partial charge >= 0.3 is 0 Å². The first-order valence-corrected chi connectivity index (χ1v) is 8.73. The molecule has 0 atom stereocenters. The maximum absolute atomic E-state index is 12.7. The van der Waals surface area contributed by atoms with Crippen molar-refractivity contribution in [2.75, 3.05) is 18.8 Å². The number of hydrogen-bond donors (Lipinski definition) is 1. The molecular weight excluding hydrogens is 296 g/mol. The van der Waals surface area contributed by atoms with Crippen LogP contribution in [0.1, 0.15) is 33.6 Å². The van der Waals surface area contributed by atoms with E-state index in [-0.39, 0.29) is 9.92 Å². The van der Waals surface area contributed by atoms with Crippen LogP contribution in [-0.2, 0) is 10.0 Å². The number of sulfonamides is 1. The van der Waals surface area contributed by atoms with Crippen LogP contribution in [0.5, 0.6) is 0 Å². The number of benzene rings is 1. The molecule has 0 aliphatic rings. The molecule has 0 aliphatic heterocycles. The van der Waals surface area contributed by atoms with Gasteiger partial charge in [-0.2, -0.15) is 4.31 Å². The van der Waals surface area contributed by atoms with Gasteiger partial charge in [0.2, 0.25) is 10.0 Å². The van der Waals surface area contributed by atoms with Crippen LogP contribution in [0.15, 0.2) is 23.1 Å². The van der Waals surface area contributed by atoms with Crippen molar-refractivity contribution >= 4 is 27.3 Å². The minimum atomic E-state index is -3.60. The summed E-state index contributed by atoms with van der Waals surface area (Å²) in [6.07, 6.45) is 1.90. The Hall–Kier alpha value is -0.780. The minimum absolute atomic E-state index is 0.0898. The zero-order chi connectivity index (χ0) is 15.3. The Labute approximate surface area is 127 Å². The first-order valence-electron chi connectivity index (χ1n) is 6.91. The highest BCUT2D eigenvalue weighted by Crippen LogP contribution is 2.27. The van der Waals surface area contributed by atoms with Crippen molar-refractivity contribution in [2.45, 2.75) is 38.5 Å². The van der Waals surface area contributed by atoms with Crippen LogP contribution in [0.2, 0.25) is 5.02 Å². The second-order valence-electron chi connectivity index (χ2n) is 4.83. The predicted octanol–water partition coefficient (Wildman–Crippen LogP) is 3.37. The monoisotopic (exact) mass is 318 g/mol. The second kappa shape index (κ2) is 7.29. The van der Waals surface area contributed by atoms with Crippen molar-refractivity contribution in [3.63, 3.8) is 0 Å². The molecule has 4 nitrogen and oxygen atoms in total. The average molecular weight is 319 g/mol. The molecule has 1 aromatic carbocycles. The Morgan fingerprint density at radius 1 is 1.25 bits per heavy atom. The third-order valence-electron chi connectivity index (χ3n) is 3.54. The maximum Gasteiger partial charge on any atom is 0.244 e. The number of halogens is 1. The summed E-state index contributed by atoms with van der Waals surface area (Å²) >= 11 is 6.02. The lowest BCUT2D eigenvalue weighted by molar-refractivity contribution is 0.339. The molecule has 2 N–H and O–H groups in total. The van der Waals surface area contributed by atoms with Crippen molar-refractivity contribution in [3.05, 3.63) is 23.2 Å². The smallest absolute Gasteiger partial charge is 0.244 e. The second-order valence-corrected chi connectivity index (χ2v) is 7.14. The van der Waals surface area contributed by atoms with Gasteiger partial charge in [-0.15, -0.1) is 0 Å². The Bertz CT molecular complexity index is 542. The lowest BCUT2D eigenvalue weighted by atomic mass is 10.0. The molecule has 0 amide bonds. The normalized spacial score (nSPS) is 12.3.